The first-order chi connectivity index (χ1) is 14.0. The monoisotopic (exact) mass is 402 g/mol. The van der Waals surface area contributed by atoms with E-state index >= 15 is 0 Å². The zero-order chi connectivity index (χ0) is 20.4. The SMILES string of the molecule is O=C1NC=CC2=NC(c3ccncc3OCC(F)F)C(Nc3cccc(F)c3)C12. The first-order valence-electron chi connectivity index (χ1n) is 8.94. The van der Waals surface area contributed by atoms with Gasteiger partial charge in [-0.15, -0.1) is 0 Å². The Labute approximate surface area is 164 Å². The highest BCUT2D eigenvalue weighted by Gasteiger charge is 2.45. The molecule has 4 rings (SSSR count). The number of ether oxygens (including phenoxy) is 1. The molecular formula is C20H17F3N4O2. The molecule has 1 amide bonds. The van der Waals surface area contributed by atoms with E-state index in [0.717, 1.165) is 0 Å². The van der Waals surface area contributed by atoms with Crippen LogP contribution in [0.1, 0.15) is 11.6 Å². The quantitative estimate of drug-likeness (QED) is 0.779. The Morgan fingerprint density at radius 1 is 1.28 bits per heavy atom. The number of rotatable bonds is 6. The van der Waals surface area contributed by atoms with Crippen molar-refractivity contribution >= 4 is 17.3 Å². The van der Waals surface area contributed by atoms with Gasteiger partial charge in [0.25, 0.3) is 6.43 Å². The maximum absolute atomic E-state index is 13.7. The second-order valence-electron chi connectivity index (χ2n) is 6.61. The van der Waals surface area contributed by atoms with Gasteiger partial charge in [0.2, 0.25) is 5.91 Å². The summed E-state index contributed by atoms with van der Waals surface area (Å²) in [5.74, 6) is -1.16. The topological polar surface area (TPSA) is 75.6 Å². The number of amides is 1. The molecule has 2 aliphatic heterocycles. The Bertz CT molecular complexity index is 980. The van der Waals surface area contributed by atoms with Crippen LogP contribution in [-0.4, -0.2) is 35.7 Å². The Kier molecular flexibility index (Phi) is 5.20. The van der Waals surface area contributed by atoms with Crippen molar-refractivity contribution in [2.45, 2.75) is 18.5 Å². The number of nitrogens with zero attached hydrogens (tertiary/aromatic N) is 2. The summed E-state index contributed by atoms with van der Waals surface area (Å²) in [5.41, 5.74) is 1.53. The lowest BCUT2D eigenvalue weighted by atomic mass is 9.88. The van der Waals surface area contributed by atoms with Gasteiger partial charge in [-0.1, -0.05) is 6.07 Å². The van der Waals surface area contributed by atoms with Gasteiger partial charge in [0, 0.05) is 23.6 Å². The highest BCUT2D eigenvalue weighted by Crippen LogP contribution is 2.40. The van der Waals surface area contributed by atoms with E-state index in [0.29, 0.717) is 17.0 Å². The van der Waals surface area contributed by atoms with Gasteiger partial charge in [-0.25, -0.2) is 13.2 Å². The number of carbonyl (C=O) groups is 1. The summed E-state index contributed by atoms with van der Waals surface area (Å²) in [4.78, 5) is 21.1. The van der Waals surface area contributed by atoms with Crippen molar-refractivity contribution in [3.8, 4) is 5.75 Å². The van der Waals surface area contributed by atoms with E-state index in [2.05, 4.69) is 20.6 Å². The van der Waals surface area contributed by atoms with Crippen LogP contribution < -0.4 is 15.4 Å². The van der Waals surface area contributed by atoms with Crippen LogP contribution in [0.25, 0.3) is 0 Å². The Balaban J connectivity index is 1.71. The molecule has 2 aromatic rings. The van der Waals surface area contributed by atoms with Crippen LogP contribution in [0.5, 0.6) is 5.75 Å². The van der Waals surface area contributed by atoms with E-state index in [4.69, 9.17) is 4.74 Å². The molecule has 0 saturated carbocycles. The predicted octanol–water partition coefficient (Wildman–Crippen LogP) is 3.10. The van der Waals surface area contributed by atoms with Crippen LogP contribution >= 0.6 is 0 Å². The molecule has 0 spiro atoms. The summed E-state index contributed by atoms with van der Waals surface area (Å²) in [6.07, 6.45) is 3.39. The third kappa shape index (κ3) is 3.94. The van der Waals surface area contributed by atoms with E-state index in [-0.39, 0.29) is 11.7 Å². The molecule has 0 bridgehead atoms. The average Bonchev–Trinajstić information content (AvgIpc) is 3.06. The zero-order valence-electron chi connectivity index (χ0n) is 15.1. The van der Waals surface area contributed by atoms with Crippen molar-refractivity contribution in [3.63, 3.8) is 0 Å². The minimum atomic E-state index is -2.64. The third-order valence-corrected chi connectivity index (χ3v) is 4.73. The minimum Gasteiger partial charge on any atom is -0.486 e. The number of allylic oxidation sites excluding steroid dienone is 1. The molecule has 1 aromatic heterocycles. The number of alkyl halides is 2. The first kappa shape index (κ1) is 19.0. The zero-order valence-corrected chi connectivity index (χ0v) is 15.1. The van der Waals surface area contributed by atoms with E-state index < -0.39 is 36.9 Å². The van der Waals surface area contributed by atoms with Crippen molar-refractivity contribution in [2.75, 3.05) is 11.9 Å². The molecule has 29 heavy (non-hydrogen) atoms. The van der Waals surface area contributed by atoms with E-state index in [1.54, 1.807) is 24.3 Å². The summed E-state index contributed by atoms with van der Waals surface area (Å²) >= 11 is 0. The minimum absolute atomic E-state index is 0.163. The predicted molar refractivity (Wildman–Crippen MR) is 100 cm³/mol. The molecule has 6 nitrogen and oxygen atoms in total. The molecule has 3 heterocycles. The maximum atomic E-state index is 13.7. The van der Waals surface area contributed by atoms with Gasteiger partial charge < -0.3 is 15.4 Å². The van der Waals surface area contributed by atoms with Crippen LogP contribution in [0.3, 0.4) is 0 Å². The third-order valence-electron chi connectivity index (χ3n) is 4.73. The van der Waals surface area contributed by atoms with Crippen molar-refractivity contribution in [3.05, 3.63) is 66.4 Å². The van der Waals surface area contributed by atoms with Crippen molar-refractivity contribution in [2.24, 2.45) is 10.9 Å². The lowest BCUT2D eigenvalue weighted by molar-refractivity contribution is -0.122. The number of halogens is 3. The van der Waals surface area contributed by atoms with Crippen LogP contribution in [0.15, 0.2) is 60.0 Å². The molecule has 1 aromatic carbocycles. The molecule has 150 valence electrons. The largest absolute Gasteiger partial charge is 0.486 e. The molecular weight excluding hydrogens is 385 g/mol. The highest BCUT2D eigenvalue weighted by atomic mass is 19.3. The normalized spacial score (nSPS) is 22.8. The number of pyridine rings is 1. The fraction of sp³-hybridized carbons (Fsp3) is 0.250. The number of nitrogens with one attached hydrogen (secondary N) is 2. The first-order valence-corrected chi connectivity index (χ1v) is 8.94. The lowest BCUT2D eigenvalue weighted by Gasteiger charge is -2.27. The standard InChI is InChI=1S/C20H17F3N4O2/c21-11-2-1-3-12(8-11)26-19-17-14(5-7-25-20(17)28)27-18(19)13-4-6-24-9-15(13)29-10-16(22)23/h1-9,16-19,26H,10H2,(H,25,28). The van der Waals surface area contributed by atoms with Gasteiger partial charge in [0.05, 0.1) is 18.0 Å². The number of benzene rings is 1. The lowest BCUT2D eigenvalue weighted by Crippen LogP contribution is -2.44. The van der Waals surface area contributed by atoms with Gasteiger partial charge in [0.15, 0.2) is 0 Å². The molecule has 2 N–H and O–H groups in total. The van der Waals surface area contributed by atoms with Gasteiger partial charge in [-0.2, -0.15) is 0 Å². The van der Waals surface area contributed by atoms with Crippen LogP contribution in [-0.2, 0) is 4.79 Å². The number of carbonyl (C=O) groups excluding carboxylic acids is 1. The fourth-order valence-corrected chi connectivity index (χ4v) is 3.53. The Hall–Kier alpha value is -3.36. The molecule has 0 radical (unpaired) electrons. The second kappa shape index (κ2) is 7.94. The number of aromatic nitrogens is 1. The molecule has 2 aliphatic rings. The van der Waals surface area contributed by atoms with Gasteiger partial charge in [0.1, 0.15) is 30.1 Å². The number of fused-ring (bicyclic) bond motifs is 1. The second-order valence-corrected chi connectivity index (χ2v) is 6.61. The van der Waals surface area contributed by atoms with Crippen LogP contribution in [0.4, 0.5) is 18.9 Å². The van der Waals surface area contributed by atoms with Gasteiger partial charge >= 0.3 is 0 Å². The van der Waals surface area contributed by atoms with Crippen molar-refractivity contribution in [1.82, 2.24) is 10.3 Å². The molecule has 9 heteroatoms. The molecule has 0 saturated heterocycles. The summed E-state index contributed by atoms with van der Waals surface area (Å²) in [5, 5.41) is 5.83. The van der Waals surface area contributed by atoms with Crippen LogP contribution in [0, 0.1) is 11.7 Å². The molecule has 0 aliphatic carbocycles. The van der Waals surface area contributed by atoms with Gasteiger partial charge in [-0.05, 0) is 30.3 Å². The molecule has 0 fully saturated rings. The summed E-state index contributed by atoms with van der Waals surface area (Å²) in [6.45, 7) is -0.784. The summed E-state index contributed by atoms with van der Waals surface area (Å²) in [6, 6.07) is 6.27. The Morgan fingerprint density at radius 3 is 2.93 bits per heavy atom. The summed E-state index contributed by atoms with van der Waals surface area (Å²) < 4.78 is 44.2. The van der Waals surface area contributed by atoms with Gasteiger partial charge in [-0.3, -0.25) is 14.8 Å². The molecule has 3 atom stereocenters. The molecule has 3 unspecified atom stereocenters. The maximum Gasteiger partial charge on any atom is 0.272 e. The van der Waals surface area contributed by atoms with E-state index in [9.17, 15) is 18.0 Å². The number of hydrogen-bond donors (Lipinski definition) is 2. The fourth-order valence-electron chi connectivity index (χ4n) is 3.53. The number of hydrogen-bond acceptors (Lipinski definition) is 5. The van der Waals surface area contributed by atoms with Crippen molar-refractivity contribution in [1.29, 1.82) is 0 Å². The van der Waals surface area contributed by atoms with E-state index in [1.807, 2.05) is 0 Å². The van der Waals surface area contributed by atoms with E-state index in [1.165, 1.54) is 30.7 Å². The average molecular weight is 402 g/mol. The Morgan fingerprint density at radius 2 is 2.14 bits per heavy atom. The smallest absolute Gasteiger partial charge is 0.272 e. The number of anilines is 1. The van der Waals surface area contributed by atoms with Crippen molar-refractivity contribution < 1.29 is 22.7 Å². The van der Waals surface area contributed by atoms with Crippen LogP contribution in [0.2, 0.25) is 0 Å². The number of aliphatic imine (C=N–C) groups is 1. The summed E-state index contributed by atoms with van der Waals surface area (Å²) in [7, 11) is 0. The highest BCUT2D eigenvalue weighted by molar-refractivity contribution is 6.14.